The van der Waals surface area contributed by atoms with Crippen molar-refractivity contribution in [2.75, 3.05) is 0 Å². The zero-order valence-electron chi connectivity index (χ0n) is 19.8. The van der Waals surface area contributed by atoms with Gasteiger partial charge in [0.25, 0.3) is 0 Å². The Balaban J connectivity index is 1.50. The van der Waals surface area contributed by atoms with E-state index in [0.717, 1.165) is 38.5 Å². The molecule has 0 heterocycles. The largest absolute Gasteiger partial charge is 0.481 e. The summed E-state index contributed by atoms with van der Waals surface area (Å²) in [6.45, 7) is 8.77. The fraction of sp³-hybridized carbons (Fsp3) is 0.815. The van der Waals surface area contributed by atoms with Gasteiger partial charge in [0.1, 0.15) is 11.6 Å². The molecule has 0 aromatic rings. The van der Waals surface area contributed by atoms with Crippen LogP contribution in [0, 0.1) is 46.3 Å². The molecule has 4 aliphatic carbocycles. The molecule has 172 valence electrons. The fourth-order valence-corrected chi connectivity index (χ4v) is 8.31. The van der Waals surface area contributed by atoms with Gasteiger partial charge < -0.3 is 5.11 Å². The number of rotatable bonds is 6. The zero-order valence-corrected chi connectivity index (χ0v) is 19.8. The van der Waals surface area contributed by atoms with Gasteiger partial charge in [0.2, 0.25) is 0 Å². The van der Waals surface area contributed by atoms with Gasteiger partial charge in [-0.05, 0) is 73.0 Å². The first kappa shape index (κ1) is 22.7. The molecule has 0 bridgehead atoms. The second kappa shape index (κ2) is 8.15. The highest BCUT2D eigenvalue weighted by Gasteiger charge is 2.61. The molecular weight excluding hydrogens is 388 g/mol. The lowest BCUT2D eigenvalue weighted by Crippen LogP contribution is -2.50. The number of hydrogen-bond donors (Lipinski definition) is 1. The first-order chi connectivity index (χ1) is 14.6. The maximum absolute atomic E-state index is 13.3. The van der Waals surface area contributed by atoms with Crippen molar-refractivity contribution in [2.24, 2.45) is 46.3 Å². The average Bonchev–Trinajstić information content (AvgIpc) is 2.98. The molecule has 0 aromatic heterocycles. The van der Waals surface area contributed by atoms with Crippen LogP contribution in [0.2, 0.25) is 0 Å². The Morgan fingerprint density at radius 3 is 2.61 bits per heavy atom. The molecule has 4 rings (SSSR count). The predicted molar refractivity (Wildman–Crippen MR) is 120 cm³/mol. The van der Waals surface area contributed by atoms with E-state index < -0.39 is 5.97 Å². The Bertz CT molecular complexity index is 797. The normalized spacial score (nSPS) is 41.6. The fourth-order valence-electron chi connectivity index (χ4n) is 8.31. The van der Waals surface area contributed by atoms with Gasteiger partial charge in [0, 0.05) is 25.2 Å². The van der Waals surface area contributed by atoms with Gasteiger partial charge in [0.15, 0.2) is 0 Å². The number of carboxylic acids is 1. The highest BCUT2D eigenvalue weighted by Crippen LogP contribution is 2.66. The molecule has 0 spiro atoms. The van der Waals surface area contributed by atoms with Gasteiger partial charge in [-0.25, -0.2) is 0 Å². The first-order valence-corrected chi connectivity index (χ1v) is 12.5. The van der Waals surface area contributed by atoms with E-state index in [-0.39, 0.29) is 22.7 Å². The Labute approximate surface area is 187 Å². The SMILES string of the molecule is CC(CCC[C@H](C)C(=O)O)[C@H]1C(=O)CC2C3CC=C4CC(=O)CC[C@]4(C)C3CC[C@@]21C. The maximum atomic E-state index is 13.3. The van der Waals surface area contributed by atoms with Gasteiger partial charge in [0.05, 0.1) is 5.92 Å². The van der Waals surface area contributed by atoms with Crippen LogP contribution in [0.5, 0.6) is 0 Å². The van der Waals surface area contributed by atoms with E-state index in [1.54, 1.807) is 6.92 Å². The summed E-state index contributed by atoms with van der Waals surface area (Å²) >= 11 is 0. The molecule has 4 heteroatoms. The highest BCUT2D eigenvalue weighted by molar-refractivity contribution is 5.85. The van der Waals surface area contributed by atoms with Gasteiger partial charge in [-0.15, -0.1) is 0 Å². The molecule has 4 nitrogen and oxygen atoms in total. The van der Waals surface area contributed by atoms with Crippen molar-refractivity contribution in [1.82, 2.24) is 0 Å². The Morgan fingerprint density at radius 1 is 1.16 bits per heavy atom. The molecular formula is C27H40O4. The molecule has 4 aliphatic rings. The van der Waals surface area contributed by atoms with E-state index in [0.29, 0.717) is 54.5 Å². The minimum atomic E-state index is -0.724. The summed E-state index contributed by atoms with van der Waals surface area (Å²) in [5.74, 6) is 1.87. The number of Topliss-reactive ketones (excluding diaryl/α,β-unsaturated/α-hetero) is 2. The van der Waals surface area contributed by atoms with E-state index in [2.05, 4.69) is 26.8 Å². The predicted octanol–water partition coefficient (Wildman–Crippen LogP) is 5.84. The molecule has 0 radical (unpaired) electrons. The van der Waals surface area contributed by atoms with Crippen LogP contribution in [-0.2, 0) is 14.4 Å². The molecule has 0 amide bonds. The third kappa shape index (κ3) is 3.72. The highest BCUT2D eigenvalue weighted by atomic mass is 16.4. The van der Waals surface area contributed by atoms with Crippen LogP contribution < -0.4 is 0 Å². The molecule has 0 saturated heterocycles. The quantitative estimate of drug-likeness (QED) is 0.539. The molecule has 0 aliphatic heterocycles. The number of carbonyl (C=O) groups is 3. The molecule has 3 fully saturated rings. The van der Waals surface area contributed by atoms with Crippen molar-refractivity contribution in [1.29, 1.82) is 0 Å². The van der Waals surface area contributed by atoms with Gasteiger partial charge in [-0.1, -0.05) is 45.8 Å². The summed E-state index contributed by atoms with van der Waals surface area (Å²) < 4.78 is 0. The molecule has 8 atom stereocenters. The number of carboxylic acid groups (broad SMARTS) is 1. The summed E-state index contributed by atoms with van der Waals surface area (Å²) in [5, 5.41) is 9.15. The topological polar surface area (TPSA) is 71.4 Å². The zero-order chi connectivity index (χ0) is 22.6. The lowest BCUT2D eigenvalue weighted by atomic mass is 9.47. The van der Waals surface area contributed by atoms with Crippen LogP contribution in [0.3, 0.4) is 0 Å². The number of hydrogen-bond acceptors (Lipinski definition) is 3. The van der Waals surface area contributed by atoms with E-state index in [9.17, 15) is 14.4 Å². The van der Waals surface area contributed by atoms with Crippen molar-refractivity contribution >= 4 is 17.5 Å². The van der Waals surface area contributed by atoms with E-state index >= 15 is 0 Å². The third-order valence-electron chi connectivity index (χ3n) is 10.1. The average molecular weight is 429 g/mol. The minimum absolute atomic E-state index is 0.0717. The van der Waals surface area contributed by atoms with Crippen molar-refractivity contribution < 1.29 is 19.5 Å². The smallest absolute Gasteiger partial charge is 0.306 e. The van der Waals surface area contributed by atoms with Crippen LogP contribution in [-0.4, -0.2) is 22.6 Å². The number of allylic oxidation sites excluding steroid dienone is 2. The number of aliphatic carboxylic acids is 1. The number of ketones is 2. The maximum Gasteiger partial charge on any atom is 0.306 e. The molecule has 1 N–H and O–H groups in total. The monoisotopic (exact) mass is 428 g/mol. The Morgan fingerprint density at radius 2 is 1.90 bits per heavy atom. The van der Waals surface area contributed by atoms with E-state index in [4.69, 9.17) is 5.11 Å². The van der Waals surface area contributed by atoms with Crippen LogP contribution in [0.15, 0.2) is 11.6 Å². The van der Waals surface area contributed by atoms with Gasteiger partial charge >= 0.3 is 5.97 Å². The molecule has 3 saturated carbocycles. The number of carbonyl (C=O) groups excluding carboxylic acids is 2. The van der Waals surface area contributed by atoms with E-state index in [1.165, 1.54) is 12.0 Å². The Hall–Kier alpha value is -1.45. The Kier molecular flexibility index (Phi) is 5.98. The minimum Gasteiger partial charge on any atom is -0.481 e. The first-order valence-electron chi connectivity index (χ1n) is 12.5. The van der Waals surface area contributed by atoms with Crippen LogP contribution in [0.4, 0.5) is 0 Å². The second-order valence-corrected chi connectivity index (χ2v) is 11.8. The van der Waals surface area contributed by atoms with Gasteiger partial charge in [-0.2, -0.15) is 0 Å². The van der Waals surface area contributed by atoms with Crippen molar-refractivity contribution in [2.45, 2.75) is 91.9 Å². The number of fused-ring (bicyclic) bond motifs is 5. The second-order valence-electron chi connectivity index (χ2n) is 11.8. The molecule has 0 aromatic carbocycles. The third-order valence-corrected chi connectivity index (χ3v) is 10.1. The standard InChI is InChI=1S/C27H40O4/c1-16(6-5-7-17(2)25(30)31)24-23(29)15-22-20-9-8-18-14-19(28)10-12-26(18,3)21(20)11-13-27(22,24)4/h8,16-17,20-22,24H,5-7,9-15H2,1-4H3,(H,30,31)/t16?,17-,20?,21?,22?,24-,26-,27-/m0/s1. The summed E-state index contributed by atoms with van der Waals surface area (Å²) in [6, 6.07) is 0. The van der Waals surface area contributed by atoms with Crippen LogP contribution in [0.25, 0.3) is 0 Å². The summed E-state index contributed by atoms with van der Waals surface area (Å²) in [7, 11) is 0. The van der Waals surface area contributed by atoms with Crippen molar-refractivity contribution in [3.05, 3.63) is 11.6 Å². The summed E-state index contributed by atoms with van der Waals surface area (Å²) in [6.07, 6.45) is 11.3. The summed E-state index contributed by atoms with van der Waals surface area (Å²) in [4.78, 5) is 36.5. The summed E-state index contributed by atoms with van der Waals surface area (Å²) in [5.41, 5.74) is 1.61. The van der Waals surface area contributed by atoms with Crippen molar-refractivity contribution in [3.63, 3.8) is 0 Å². The lowest BCUT2D eigenvalue weighted by molar-refractivity contribution is -0.141. The van der Waals surface area contributed by atoms with Crippen molar-refractivity contribution in [3.8, 4) is 0 Å². The van der Waals surface area contributed by atoms with E-state index in [1.807, 2.05) is 0 Å². The van der Waals surface area contributed by atoms with Crippen LogP contribution in [0.1, 0.15) is 91.9 Å². The van der Waals surface area contributed by atoms with Gasteiger partial charge in [-0.3, -0.25) is 14.4 Å². The molecule has 31 heavy (non-hydrogen) atoms. The lowest BCUT2D eigenvalue weighted by Gasteiger charge is -2.57. The molecule has 4 unspecified atom stereocenters. The van der Waals surface area contributed by atoms with Crippen LogP contribution >= 0.6 is 0 Å².